The van der Waals surface area contributed by atoms with Crippen molar-refractivity contribution in [3.05, 3.63) is 34.9 Å². The third-order valence-electron chi connectivity index (χ3n) is 2.24. The van der Waals surface area contributed by atoms with Crippen molar-refractivity contribution in [1.82, 2.24) is 0 Å². The molecule has 0 radical (unpaired) electrons. The van der Waals surface area contributed by atoms with Gasteiger partial charge < -0.3 is 4.74 Å². The van der Waals surface area contributed by atoms with Crippen LogP contribution in [0.25, 0.3) is 0 Å². The van der Waals surface area contributed by atoms with Crippen molar-refractivity contribution in [3.8, 4) is 11.5 Å². The van der Waals surface area contributed by atoms with E-state index in [9.17, 15) is 4.79 Å². The second-order valence-electron chi connectivity index (χ2n) is 4.99. The molecule has 0 amide bonds. The highest BCUT2D eigenvalue weighted by molar-refractivity contribution is 6.83. The average Bonchev–Trinajstić information content (AvgIpc) is 2.25. The molecule has 0 atom stereocenters. The molecule has 0 unspecified atom stereocenters. The van der Waals surface area contributed by atoms with Crippen molar-refractivity contribution >= 4 is 14.0 Å². The first-order chi connectivity index (χ1) is 7.85. The Bertz CT molecular complexity index is 487. The van der Waals surface area contributed by atoms with E-state index in [1.54, 1.807) is 6.07 Å². The zero-order chi connectivity index (χ0) is 13.1. The van der Waals surface area contributed by atoms with Crippen LogP contribution in [-0.4, -0.2) is 21.2 Å². The van der Waals surface area contributed by atoms with Gasteiger partial charge in [-0.2, -0.15) is 0 Å². The summed E-state index contributed by atoms with van der Waals surface area (Å²) in [5.41, 5.74) is 5.64. The highest BCUT2D eigenvalue weighted by Crippen LogP contribution is 2.14. The highest BCUT2D eigenvalue weighted by Gasteiger charge is 2.13. The van der Waals surface area contributed by atoms with Crippen molar-refractivity contribution < 1.29 is 9.53 Å². The molecule has 0 aliphatic rings. The fourth-order valence-corrected chi connectivity index (χ4v) is 1.86. The molecule has 0 fully saturated rings. The Morgan fingerprint density at radius 1 is 1.29 bits per heavy atom. The van der Waals surface area contributed by atoms with E-state index < -0.39 is 8.07 Å². The lowest BCUT2D eigenvalue weighted by Gasteiger charge is -2.07. The van der Waals surface area contributed by atoms with Gasteiger partial charge in [-0.05, 0) is 18.6 Å². The predicted molar refractivity (Wildman–Crippen MR) is 72.7 cm³/mol. The first-order valence-corrected chi connectivity index (χ1v) is 9.06. The van der Waals surface area contributed by atoms with Gasteiger partial charge in [0.2, 0.25) is 0 Å². The quantitative estimate of drug-likeness (QED) is 0.432. The molecule has 0 aromatic heterocycles. The van der Waals surface area contributed by atoms with Gasteiger partial charge in [0.05, 0.1) is 12.7 Å². The summed E-state index contributed by atoms with van der Waals surface area (Å²) in [6.07, 6.45) is 0. The first kappa shape index (κ1) is 13.5. The maximum absolute atomic E-state index is 11.6. The van der Waals surface area contributed by atoms with E-state index in [2.05, 4.69) is 31.1 Å². The number of rotatable bonds is 1. The molecule has 0 bridgehead atoms. The van der Waals surface area contributed by atoms with Gasteiger partial charge in [0.25, 0.3) is 0 Å². The number of esters is 1. The van der Waals surface area contributed by atoms with Crippen molar-refractivity contribution in [3.63, 3.8) is 0 Å². The molecule has 0 aliphatic heterocycles. The van der Waals surface area contributed by atoms with Gasteiger partial charge in [0.1, 0.15) is 8.07 Å². The van der Waals surface area contributed by atoms with E-state index in [1.807, 2.05) is 19.1 Å². The van der Waals surface area contributed by atoms with Gasteiger partial charge in [0.15, 0.2) is 0 Å². The van der Waals surface area contributed by atoms with Crippen LogP contribution in [0.4, 0.5) is 0 Å². The van der Waals surface area contributed by atoms with E-state index in [0.29, 0.717) is 5.56 Å². The van der Waals surface area contributed by atoms with Gasteiger partial charge >= 0.3 is 5.97 Å². The lowest BCUT2D eigenvalue weighted by atomic mass is 10.0. The van der Waals surface area contributed by atoms with Crippen LogP contribution in [0.15, 0.2) is 18.2 Å². The number of hydrogen-bond donors (Lipinski definition) is 0. The predicted octanol–water partition coefficient (Wildman–Crippen LogP) is 3.01. The summed E-state index contributed by atoms with van der Waals surface area (Å²) in [7, 11) is -0.0548. The number of ether oxygens (including phenoxy) is 1. The summed E-state index contributed by atoms with van der Waals surface area (Å²) in [6, 6.07) is 5.56. The molecule has 0 saturated heterocycles. The smallest absolute Gasteiger partial charge is 0.339 e. The Balaban J connectivity index is 3.30. The number of benzene rings is 1. The third kappa shape index (κ3) is 3.76. The van der Waals surface area contributed by atoms with E-state index in [1.165, 1.54) is 7.11 Å². The van der Waals surface area contributed by atoms with Gasteiger partial charge in [-0.3, -0.25) is 0 Å². The topological polar surface area (TPSA) is 26.3 Å². The summed E-state index contributed by atoms with van der Waals surface area (Å²) in [5, 5.41) is 0. The van der Waals surface area contributed by atoms with Crippen LogP contribution in [0.5, 0.6) is 0 Å². The number of hydrogen-bond acceptors (Lipinski definition) is 2. The summed E-state index contributed by atoms with van der Waals surface area (Å²) >= 11 is 0. The summed E-state index contributed by atoms with van der Waals surface area (Å²) in [5.74, 6) is 2.82. The lowest BCUT2D eigenvalue weighted by molar-refractivity contribution is 0.0600. The van der Waals surface area contributed by atoms with Crippen LogP contribution in [0.3, 0.4) is 0 Å². The number of carbonyl (C=O) groups is 1. The van der Waals surface area contributed by atoms with Crippen LogP contribution < -0.4 is 0 Å². The van der Waals surface area contributed by atoms with Crippen LogP contribution >= 0.6 is 0 Å². The van der Waals surface area contributed by atoms with Crippen LogP contribution in [0.1, 0.15) is 21.5 Å². The molecular formula is C14H18O2Si. The maximum atomic E-state index is 11.6. The van der Waals surface area contributed by atoms with Gasteiger partial charge in [-0.15, -0.1) is 5.54 Å². The average molecular weight is 246 g/mol. The number of carbonyl (C=O) groups excluding carboxylic acids is 1. The monoisotopic (exact) mass is 246 g/mol. The molecule has 0 spiro atoms. The Hall–Kier alpha value is -1.53. The molecule has 0 N–H and O–H groups in total. The molecule has 1 aromatic carbocycles. The molecule has 3 heteroatoms. The summed E-state index contributed by atoms with van der Waals surface area (Å²) in [6.45, 7) is 8.49. The number of aryl methyl sites for hydroxylation is 1. The standard InChI is InChI=1S/C14H18O2Si/c1-11-7-6-8-13(14(15)16-2)12(11)9-10-17(3,4)5/h6-8H,1-5H3. The molecule has 17 heavy (non-hydrogen) atoms. The molecule has 90 valence electrons. The van der Waals surface area contributed by atoms with Crippen LogP contribution in [0.2, 0.25) is 19.6 Å². The number of methoxy groups -OCH3 is 1. The van der Waals surface area contributed by atoms with Crippen molar-refractivity contribution in [2.24, 2.45) is 0 Å². The Labute approximate surface area is 104 Å². The second-order valence-corrected chi connectivity index (χ2v) is 9.74. The van der Waals surface area contributed by atoms with Gasteiger partial charge in [0, 0.05) is 5.56 Å². The SMILES string of the molecule is COC(=O)c1cccc(C)c1C#C[Si](C)(C)C. The van der Waals surface area contributed by atoms with E-state index >= 15 is 0 Å². The van der Waals surface area contributed by atoms with Gasteiger partial charge in [-0.1, -0.05) is 37.7 Å². The second kappa shape index (κ2) is 5.20. The lowest BCUT2D eigenvalue weighted by Crippen LogP contribution is -2.16. The summed E-state index contributed by atoms with van der Waals surface area (Å²) < 4.78 is 4.77. The van der Waals surface area contributed by atoms with E-state index in [4.69, 9.17) is 4.74 Å². The molecule has 0 heterocycles. The minimum Gasteiger partial charge on any atom is -0.465 e. The highest BCUT2D eigenvalue weighted by atomic mass is 28.3. The Morgan fingerprint density at radius 3 is 2.47 bits per heavy atom. The minimum absolute atomic E-state index is 0.325. The van der Waals surface area contributed by atoms with E-state index in [-0.39, 0.29) is 5.97 Å². The molecule has 1 rings (SSSR count). The van der Waals surface area contributed by atoms with E-state index in [0.717, 1.165) is 11.1 Å². The maximum Gasteiger partial charge on any atom is 0.339 e. The fourth-order valence-electron chi connectivity index (χ4n) is 1.36. The van der Waals surface area contributed by atoms with Crippen LogP contribution in [-0.2, 0) is 4.74 Å². The van der Waals surface area contributed by atoms with Crippen molar-refractivity contribution in [2.45, 2.75) is 26.6 Å². The molecular weight excluding hydrogens is 228 g/mol. The third-order valence-corrected chi connectivity index (χ3v) is 3.12. The normalized spacial score (nSPS) is 10.4. The molecule has 0 saturated carbocycles. The Morgan fingerprint density at radius 2 is 1.94 bits per heavy atom. The Kier molecular flexibility index (Phi) is 4.14. The summed E-state index contributed by atoms with van der Waals surface area (Å²) in [4.78, 5) is 11.6. The fraction of sp³-hybridized carbons (Fsp3) is 0.357. The van der Waals surface area contributed by atoms with Crippen LogP contribution in [0, 0.1) is 18.4 Å². The zero-order valence-corrected chi connectivity index (χ0v) is 12.0. The molecule has 0 aliphatic carbocycles. The molecule has 1 aromatic rings. The van der Waals surface area contributed by atoms with Gasteiger partial charge in [-0.25, -0.2) is 4.79 Å². The van der Waals surface area contributed by atoms with Crippen molar-refractivity contribution in [1.29, 1.82) is 0 Å². The van der Waals surface area contributed by atoms with Crippen molar-refractivity contribution in [2.75, 3.05) is 7.11 Å². The zero-order valence-electron chi connectivity index (χ0n) is 11.0. The molecule has 2 nitrogen and oxygen atoms in total. The largest absolute Gasteiger partial charge is 0.465 e. The minimum atomic E-state index is -1.44. The first-order valence-electron chi connectivity index (χ1n) is 5.56.